The van der Waals surface area contributed by atoms with Gasteiger partial charge in [0, 0.05) is 62.5 Å². The number of amides is 2. The first-order chi connectivity index (χ1) is 18.5. The molecule has 0 unspecified atom stereocenters. The molecule has 8 nitrogen and oxygen atoms in total. The largest absolute Gasteiger partial charge is 0.338 e. The molecule has 2 amide bonds. The predicted octanol–water partition coefficient (Wildman–Crippen LogP) is 2.26. The van der Waals surface area contributed by atoms with Gasteiger partial charge in [0.1, 0.15) is 5.82 Å². The molecule has 2 saturated heterocycles. The van der Waals surface area contributed by atoms with E-state index in [1.165, 1.54) is 12.1 Å². The molecule has 0 bridgehead atoms. The Morgan fingerprint density at radius 3 is 2.64 bits per heavy atom. The summed E-state index contributed by atoms with van der Waals surface area (Å²) >= 11 is 0. The van der Waals surface area contributed by atoms with E-state index in [2.05, 4.69) is 48.9 Å². The lowest BCUT2D eigenvalue weighted by Gasteiger charge is -2.44. The van der Waals surface area contributed by atoms with E-state index in [0.29, 0.717) is 45.2 Å². The summed E-state index contributed by atoms with van der Waals surface area (Å²) in [5, 5.41) is 3.54. The number of hydrogen-bond acceptors (Lipinski definition) is 6. The van der Waals surface area contributed by atoms with Crippen LogP contribution in [0.5, 0.6) is 0 Å². The van der Waals surface area contributed by atoms with Crippen LogP contribution in [-0.4, -0.2) is 102 Å². The van der Waals surface area contributed by atoms with E-state index in [1.54, 1.807) is 12.1 Å². The Bertz CT molecular complexity index is 1220. The van der Waals surface area contributed by atoms with Crippen LogP contribution in [0, 0.1) is 5.82 Å². The summed E-state index contributed by atoms with van der Waals surface area (Å²) in [6, 6.07) is 9.23. The lowest BCUT2D eigenvalue weighted by molar-refractivity contribution is -0.138. The normalized spacial score (nSPS) is 25.7. The van der Waals surface area contributed by atoms with E-state index < -0.39 is 0 Å². The molecule has 0 saturated carbocycles. The first-order valence-electron chi connectivity index (χ1n) is 14.0. The minimum atomic E-state index is -0.253. The van der Waals surface area contributed by atoms with Crippen LogP contribution in [0.2, 0.25) is 0 Å². The second-order valence-corrected chi connectivity index (χ2v) is 12.3. The number of nitrogens with one attached hydrogen (secondary N) is 1. The molecule has 39 heavy (non-hydrogen) atoms. The molecule has 210 valence electrons. The van der Waals surface area contributed by atoms with Crippen molar-refractivity contribution in [3.05, 3.63) is 59.2 Å². The molecular formula is C30H41FN6O2. The van der Waals surface area contributed by atoms with Crippen molar-refractivity contribution in [3.8, 4) is 0 Å². The van der Waals surface area contributed by atoms with Crippen LogP contribution >= 0.6 is 0 Å². The maximum atomic E-state index is 13.9. The van der Waals surface area contributed by atoms with E-state index in [4.69, 9.17) is 4.98 Å². The van der Waals surface area contributed by atoms with Gasteiger partial charge in [-0.1, -0.05) is 26.0 Å². The fourth-order valence-corrected chi connectivity index (χ4v) is 6.06. The number of fused-ring (bicyclic) bond motifs is 1. The monoisotopic (exact) mass is 536 g/mol. The molecule has 3 atom stereocenters. The number of anilines is 1. The highest BCUT2D eigenvalue weighted by molar-refractivity contribution is 5.97. The molecule has 0 radical (unpaired) electrons. The summed E-state index contributed by atoms with van der Waals surface area (Å²) in [6.07, 6.45) is 2.50. The molecule has 9 heteroatoms. The number of nitrogens with zero attached hydrogens (tertiary/aromatic N) is 5. The molecule has 5 rings (SSSR count). The van der Waals surface area contributed by atoms with Gasteiger partial charge in [0.2, 0.25) is 11.8 Å². The van der Waals surface area contributed by atoms with Crippen molar-refractivity contribution in [2.24, 2.45) is 0 Å². The van der Waals surface area contributed by atoms with Crippen molar-refractivity contribution >= 4 is 17.5 Å². The van der Waals surface area contributed by atoms with Gasteiger partial charge in [0.25, 0.3) is 0 Å². The highest BCUT2D eigenvalue weighted by atomic mass is 19.1. The Morgan fingerprint density at radius 2 is 1.90 bits per heavy atom. The van der Waals surface area contributed by atoms with Gasteiger partial charge in [-0.3, -0.25) is 24.4 Å². The smallest absolute Gasteiger partial charge is 0.241 e. The number of likely N-dealkylation sites (N-methyl/N-ethyl adjacent to an activating group) is 1. The zero-order chi connectivity index (χ0) is 27.9. The number of rotatable bonds is 6. The first kappa shape index (κ1) is 27.7. The van der Waals surface area contributed by atoms with Gasteiger partial charge in [0.15, 0.2) is 0 Å². The molecule has 0 spiro atoms. The second-order valence-electron chi connectivity index (χ2n) is 12.3. The van der Waals surface area contributed by atoms with Crippen molar-refractivity contribution in [1.82, 2.24) is 25.0 Å². The van der Waals surface area contributed by atoms with Crippen molar-refractivity contribution in [1.29, 1.82) is 0 Å². The molecule has 1 aromatic heterocycles. The predicted molar refractivity (Wildman–Crippen MR) is 150 cm³/mol. The van der Waals surface area contributed by atoms with Crippen LogP contribution in [0.3, 0.4) is 0 Å². The Balaban J connectivity index is 1.32. The quantitative estimate of drug-likeness (QED) is 0.611. The fraction of sp³-hybridized carbons (Fsp3) is 0.567. The third-order valence-electron chi connectivity index (χ3n) is 8.50. The number of carbonyl (C=O) groups is 2. The SMILES string of the molecule is C[C@@H]1CN(CC(=O)N2CC(C)(C)c3ncc(Cc4ccc(F)cc4)cc32)[C@@H](CN2C[C@H](C)N(C)CC2=O)CN1. The van der Waals surface area contributed by atoms with Gasteiger partial charge in [-0.25, -0.2) is 4.39 Å². The maximum absolute atomic E-state index is 13.9. The Kier molecular flexibility index (Phi) is 7.77. The molecule has 1 aromatic carbocycles. The van der Waals surface area contributed by atoms with Crippen molar-refractivity contribution in [2.45, 2.75) is 57.7 Å². The van der Waals surface area contributed by atoms with Crippen LogP contribution in [0.4, 0.5) is 10.1 Å². The third kappa shape index (κ3) is 6.00. The highest BCUT2D eigenvalue weighted by Gasteiger charge is 2.41. The topological polar surface area (TPSA) is 72.0 Å². The minimum absolute atomic E-state index is 0.0553. The van der Waals surface area contributed by atoms with Crippen LogP contribution in [0.15, 0.2) is 36.5 Å². The fourth-order valence-electron chi connectivity index (χ4n) is 6.06. The molecule has 3 aliphatic heterocycles. The molecule has 2 fully saturated rings. The van der Waals surface area contributed by atoms with Gasteiger partial charge in [0.05, 0.1) is 24.5 Å². The number of pyridine rings is 1. The van der Waals surface area contributed by atoms with Crippen LogP contribution in [0.1, 0.15) is 44.5 Å². The van der Waals surface area contributed by atoms with E-state index in [0.717, 1.165) is 35.6 Å². The van der Waals surface area contributed by atoms with Crippen LogP contribution < -0.4 is 10.2 Å². The van der Waals surface area contributed by atoms with Crippen molar-refractivity contribution in [3.63, 3.8) is 0 Å². The second kappa shape index (κ2) is 10.9. The summed E-state index contributed by atoms with van der Waals surface area (Å²) in [7, 11) is 1.99. The lowest BCUT2D eigenvalue weighted by atomic mass is 9.91. The third-order valence-corrected chi connectivity index (χ3v) is 8.50. The Morgan fingerprint density at radius 1 is 1.15 bits per heavy atom. The summed E-state index contributed by atoms with van der Waals surface area (Å²) in [5.74, 6) is -0.0495. The van der Waals surface area contributed by atoms with Crippen molar-refractivity contribution in [2.75, 3.05) is 57.8 Å². The molecule has 4 heterocycles. The maximum Gasteiger partial charge on any atom is 0.241 e. The van der Waals surface area contributed by atoms with Gasteiger partial charge in [-0.05, 0) is 56.6 Å². The number of aromatic nitrogens is 1. The molecular weight excluding hydrogens is 495 g/mol. The zero-order valence-corrected chi connectivity index (χ0v) is 23.8. The zero-order valence-electron chi connectivity index (χ0n) is 23.8. The summed E-state index contributed by atoms with van der Waals surface area (Å²) in [4.78, 5) is 39.6. The van der Waals surface area contributed by atoms with Crippen LogP contribution in [0.25, 0.3) is 0 Å². The molecule has 0 aliphatic carbocycles. The summed E-state index contributed by atoms with van der Waals surface area (Å²) in [6.45, 7) is 12.7. The van der Waals surface area contributed by atoms with E-state index in [1.807, 2.05) is 23.0 Å². The number of halogens is 1. The van der Waals surface area contributed by atoms with E-state index in [9.17, 15) is 14.0 Å². The first-order valence-corrected chi connectivity index (χ1v) is 14.0. The lowest BCUT2D eigenvalue weighted by Crippen LogP contribution is -2.63. The van der Waals surface area contributed by atoms with Gasteiger partial charge in [-0.15, -0.1) is 0 Å². The number of carbonyl (C=O) groups excluding carboxylic acids is 2. The van der Waals surface area contributed by atoms with Gasteiger partial charge < -0.3 is 15.1 Å². The van der Waals surface area contributed by atoms with Crippen LogP contribution in [-0.2, 0) is 21.4 Å². The summed E-state index contributed by atoms with van der Waals surface area (Å²) in [5.41, 5.74) is 3.54. The molecule has 2 aromatic rings. The number of piperazine rings is 2. The molecule has 3 aliphatic rings. The van der Waals surface area contributed by atoms with E-state index in [-0.39, 0.29) is 35.1 Å². The Labute approximate surface area is 231 Å². The molecule has 1 N–H and O–H groups in total. The van der Waals surface area contributed by atoms with E-state index >= 15 is 0 Å². The van der Waals surface area contributed by atoms with Gasteiger partial charge in [-0.2, -0.15) is 0 Å². The minimum Gasteiger partial charge on any atom is -0.338 e. The average Bonchev–Trinajstić information content (AvgIpc) is 3.15. The van der Waals surface area contributed by atoms with Gasteiger partial charge >= 0.3 is 0 Å². The Hall–Kier alpha value is -2.88. The number of benzene rings is 1. The standard InChI is InChI=1S/C30H41FN6O2/c1-20-14-35(25(13-32-20)16-36-15-21(2)34(5)17-27(36)38)18-28(39)37-19-30(3,4)29-26(37)11-23(12-33-29)10-22-6-8-24(31)9-7-22/h6-9,11-12,20-21,25,32H,10,13-19H2,1-5H3/t20-,21+,25-/m1/s1. The number of hydrogen-bond donors (Lipinski definition) is 1. The highest BCUT2D eigenvalue weighted by Crippen LogP contribution is 2.39. The average molecular weight is 537 g/mol. The van der Waals surface area contributed by atoms with Crippen molar-refractivity contribution < 1.29 is 14.0 Å². The summed E-state index contributed by atoms with van der Waals surface area (Å²) < 4.78 is 13.4.